The van der Waals surface area contributed by atoms with Gasteiger partial charge in [-0.15, -0.1) is 0 Å². The quantitative estimate of drug-likeness (QED) is 0.146. The molecule has 2 aliphatic carbocycles. The molecule has 256 valence electrons. The van der Waals surface area contributed by atoms with E-state index in [2.05, 4.69) is 183 Å². The second-order valence-corrected chi connectivity index (χ2v) is 16.2. The van der Waals surface area contributed by atoms with Gasteiger partial charge in [-0.2, -0.15) is 0 Å². The van der Waals surface area contributed by atoms with Gasteiger partial charge in [0.1, 0.15) is 11.7 Å². The number of fused-ring (bicyclic) bond motifs is 10. The van der Waals surface area contributed by atoms with Gasteiger partial charge in [-0.05, 0) is 87.9 Å². The van der Waals surface area contributed by atoms with Gasteiger partial charge in [0.2, 0.25) is 0 Å². The Hall–Kier alpha value is -5.18. The van der Waals surface area contributed by atoms with Gasteiger partial charge in [0.15, 0.2) is 0 Å². The van der Waals surface area contributed by atoms with Crippen molar-refractivity contribution in [3.63, 3.8) is 0 Å². The monoisotopic (exact) mass is 675 g/mol. The van der Waals surface area contributed by atoms with Crippen molar-refractivity contribution in [1.82, 2.24) is 0 Å². The van der Waals surface area contributed by atoms with Gasteiger partial charge >= 0.3 is 0 Å². The van der Waals surface area contributed by atoms with E-state index in [0.717, 1.165) is 19.3 Å². The summed E-state index contributed by atoms with van der Waals surface area (Å²) >= 11 is 0. The molecular formula is C50H47N2+. The van der Waals surface area contributed by atoms with Crippen LogP contribution < -0.4 is 10.2 Å². The van der Waals surface area contributed by atoms with Gasteiger partial charge in [0, 0.05) is 46.0 Å². The summed E-state index contributed by atoms with van der Waals surface area (Å²) in [6, 6.07) is 44.3. The van der Waals surface area contributed by atoms with Gasteiger partial charge in [-0.3, -0.25) is 0 Å². The number of nitrogens with zero attached hydrogens (tertiary/aromatic N) is 1. The van der Waals surface area contributed by atoms with Crippen LogP contribution in [0, 0.1) is 11.8 Å². The van der Waals surface area contributed by atoms with E-state index in [1.54, 1.807) is 0 Å². The van der Waals surface area contributed by atoms with Crippen LogP contribution in [-0.4, -0.2) is 6.04 Å². The van der Waals surface area contributed by atoms with Crippen LogP contribution in [0.2, 0.25) is 0 Å². The zero-order valence-electron chi connectivity index (χ0n) is 30.5. The fraction of sp³-hybridized carbons (Fsp3) is 0.240. The molecule has 6 aromatic rings. The third-order valence-corrected chi connectivity index (χ3v) is 12.7. The Kier molecular flexibility index (Phi) is 7.41. The molecule has 2 aliphatic heterocycles. The first-order valence-electron chi connectivity index (χ1n) is 19.4. The van der Waals surface area contributed by atoms with Crippen LogP contribution >= 0.6 is 0 Å². The topological polar surface area (TPSA) is 19.9 Å². The molecule has 0 saturated heterocycles. The number of hydrogen-bond donors (Lipinski definition) is 1. The standard InChI is InChI=1S/C50H46N2/c1-32-12-11-16-37(28-32)45-31-38(34-13-5-4-6-14-34)30-44(51-45)36-20-23-39(24-21-36)52-46-29-33(2)26-27-50(46,3)48-47-40-17-8-7-15-35(40)22-25-42(47)41-18-9-10-19-43(41)49(48)52/h4-11,13-28,31-33,38,44,46,51H,12,29-30H2,1-3H3/p+1. The number of allylic oxidation sites excluding steroid dienone is 5. The summed E-state index contributed by atoms with van der Waals surface area (Å²) in [7, 11) is 0. The van der Waals surface area contributed by atoms with E-state index >= 15 is 0 Å². The fourth-order valence-electron chi connectivity index (χ4n) is 10.1. The van der Waals surface area contributed by atoms with Crippen LogP contribution in [0.15, 0.2) is 163 Å². The minimum Gasteiger partial charge on any atom is -0.336 e. The first-order valence-corrected chi connectivity index (χ1v) is 19.4. The summed E-state index contributed by atoms with van der Waals surface area (Å²) in [4.78, 5) is 2.74. The van der Waals surface area contributed by atoms with E-state index in [-0.39, 0.29) is 5.41 Å². The van der Waals surface area contributed by atoms with Crippen LogP contribution in [0.3, 0.4) is 0 Å². The first-order chi connectivity index (χ1) is 25.5. The van der Waals surface area contributed by atoms with Gasteiger partial charge in [-0.25, -0.2) is 0 Å². The number of quaternary nitrogens is 1. The van der Waals surface area contributed by atoms with E-state index in [0.29, 0.717) is 29.8 Å². The molecule has 4 aliphatic rings. The molecular weight excluding hydrogens is 629 g/mol. The third-order valence-electron chi connectivity index (χ3n) is 12.7. The van der Waals surface area contributed by atoms with Gasteiger partial charge < -0.3 is 10.2 Å². The predicted octanol–water partition coefficient (Wildman–Crippen LogP) is 11.7. The summed E-state index contributed by atoms with van der Waals surface area (Å²) < 4.78 is 0. The van der Waals surface area contributed by atoms with Crippen molar-refractivity contribution < 1.29 is 5.32 Å². The van der Waals surface area contributed by atoms with Crippen molar-refractivity contribution in [2.24, 2.45) is 11.8 Å². The van der Waals surface area contributed by atoms with Gasteiger partial charge in [-0.1, -0.05) is 147 Å². The lowest BCUT2D eigenvalue weighted by Gasteiger charge is -2.39. The molecule has 2 N–H and O–H groups in total. The number of hydrogen-bond acceptors (Lipinski definition) is 1. The molecule has 2 heteroatoms. The lowest BCUT2D eigenvalue weighted by Crippen LogP contribution is -2.84. The Balaban J connectivity index is 1.11. The van der Waals surface area contributed by atoms with Crippen molar-refractivity contribution in [1.29, 1.82) is 0 Å². The van der Waals surface area contributed by atoms with Gasteiger partial charge in [0.25, 0.3) is 0 Å². The molecule has 0 fully saturated rings. The molecule has 6 atom stereocenters. The fourth-order valence-corrected chi connectivity index (χ4v) is 10.1. The highest BCUT2D eigenvalue weighted by Crippen LogP contribution is 2.59. The predicted molar refractivity (Wildman–Crippen MR) is 219 cm³/mol. The molecule has 6 unspecified atom stereocenters. The van der Waals surface area contributed by atoms with Crippen molar-refractivity contribution in [2.45, 2.75) is 63.5 Å². The Morgan fingerprint density at radius 1 is 0.673 bits per heavy atom. The van der Waals surface area contributed by atoms with Crippen molar-refractivity contribution in [2.75, 3.05) is 4.90 Å². The third kappa shape index (κ3) is 4.95. The number of rotatable bonds is 4. The summed E-state index contributed by atoms with van der Waals surface area (Å²) in [5, 5.41) is 10.7. The van der Waals surface area contributed by atoms with Crippen LogP contribution in [0.4, 0.5) is 11.4 Å². The Bertz CT molecular complexity index is 2480. The minimum atomic E-state index is -0.120. The van der Waals surface area contributed by atoms with Crippen molar-refractivity contribution in [3.8, 4) is 0 Å². The average Bonchev–Trinajstić information content (AvgIpc) is 3.46. The van der Waals surface area contributed by atoms with Crippen LogP contribution in [-0.2, 0) is 5.41 Å². The summed E-state index contributed by atoms with van der Waals surface area (Å²) in [6.45, 7) is 7.22. The van der Waals surface area contributed by atoms with Crippen molar-refractivity contribution >= 4 is 43.7 Å². The SMILES string of the molecule is CC1C=C(C2=CC(c3ccccc3)CC(c3ccc(N4c5c(c6c7ccccc7ccc6c6ccccc56)C5(C)C=CC(C)CC45)cc3)[NH2+]2)C=CC1. The molecule has 10 rings (SSSR count). The highest BCUT2D eigenvalue weighted by atomic mass is 15.2. The Morgan fingerprint density at radius 2 is 1.42 bits per heavy atom. The zero-order valence-corrected chi connectivity index (χ0v) is 30.5. The second kappa shape index (κ2) is 12.2. The number of anilines is 2. The minimum absolute atomic E-state index is 0.120. The molecule has 0 spiro atoms. The van der Waals surface area contributed by atoms with Crippen LogP contribution in [0.25, 0.3) is 32.3 Å². The maximum absolute atomic E-state index is 2.74. The van der Waals surface area contributed by atoms with E-state index in [9.17, 15) is 0 Å². The lowest BCUT2D eigenvalue weighted by atomic mass is 9.69. The first kappa shape index (κ1) is 31.5. The van der Waals surface area contributed by atoms with E-state index in [1.165, 1.54) is 71.7 Å². The van der Waals surface area contributed by atoms with Crippen LogP contribution in [0.5, 0.6) is 0 Å². The number of benzene rings is 6. The highest BCUT2D eigenvalue weighted by Gasteiger charge is 2.50. The van der Waals surface area contributed by atoms with Gasteiger partial charge in [0.05, 0.1) is 5.69 Å². The largest absolute Gasteiger partial charge is 0.336 e. The number of nitrogens with two attached hydrogens (primary N) is 1. The average molecular weight is 676 g/mol. The van der Waals surface area contributed by atoms with E-state index < -0.39 is 0 Å². The smallest absolute Gasteiger partial charge is 0.133 e. The molecule has 52 heavy (non-hydrogen) atoms. The maximum Gasteiger partial charge on any atom is 0.133 e. The molecule has 2 nitrogen and oxygen atoms in total. The Labute approximate surface area is 307 Å². The van der Waals surface area contributed by atoms with E-state index in [4.69, 9.17) is 0 Å². The molecule has 0 amide bonds. The normalized spacial score (nSPS) is 26.8. The zero-order chi connectivity index (χ0) is 35.0. The highest BCUT2D eigenvalue weighted by molar-refractivity contribution is 6.24. The lowest BCUT2D eigenvalue weighted by molar-refractivity contribution is -0.652. The summed E-state index contributed by atoms with van der Waals surface area (Å²) in [5.74, 6) is 1.47. The van der Waals surface area contributed by atoms with Crippen LogP contribution in [0.1, 0.15) is 68.7 Å². The molecule has 0 bridgehead atoms. The molecule has 6 aromatic carbocycles. The summed E-state index contributed by atoms with van der Waals surface area (Å²) in [5.41, 5.74) is 9.62. The molecule has 0 saturated carbocycles. The molecule has 0 radical (unpaired) electrons. The second-order valence-electron chi connectivity index (χ2n) is 16.2. The molecule has 2 heterocycles. The van der Waals surface area contributed by atoms with Crippen molar-refractivity contribution in [3.05, 3.63) is 180 Å². The maximum atomic E-state index is 2.74. The summed E-state index contributed by atoms with van der Waals surface area (Å²) in [6.07, 6.45) is 18.0. The molecule has 0 aromatic heterocycles. The Morgan fingerprint density at radius 3 is 2.23 bits per heavy atom. The van der Waals surface area contributed by atoms with E-state index in [1.807, 2.05) is 0 Å².